The Morgan fingerprint density at radius 3 is 2.68 bits per heavy atom. The number of benzene rings is 1. The summed E-state index contributed by atoms with van der Waals surface area (Å²) in [6.45, 7) is 5.42. The third kappa shape index (κ3) is 4.99. The van der Waals surface area contributed by atoms with Crippen LogP contribution in [0.4, 0.5) is 0 Å². The van der Waals surface area contributed by atoms with Gasteiger partial charge in [0.2, 0.25) is 0 Å². The molecule has 0 aliphatic rings. The van der Waals surface area contributed by atoms with Gasteiger partial charge < -0.3 is 15.2 Å². The third-order valence-electron chi connectivity index (χ3n) is 2.80. The molecule has 1 atom stereocenters. The Balaban J connectivity index is 2.46. The number of carboxylic acids is 1. The molecule has 104 valence electrons. The van der Waals surface area contributed by atoms with Crippen LogP contribution in [0.15, 0.2) is 18.2 Å². The van der Waals surface area contributed by atoms with Crippen molar-refractivity contribution in [2.24, 2.45) is 0 Å². The van der Waals surface area contributed by atoms with Crippen molar-refractivity contribution in [2.45, 2.75) is 33.2 Å². The highest BCUT2D eigenvalue weighted by atomic mass is 16.5. The molecule has 1 aromatic rings. The average Bonchev–Trinajstić information content (AvgIpc) is 2.30. The Morgan fingerprint density at radius 2 is 2.05 bits per heavy atom. The van der Waals surface area contributed by atoms with Crippen LogP contribution in [0.25, 0.3) is 0 Å². The largest absolute Gasteiger partial charge is 0.483 e. The minimum Gasteiger partial charge on any atom is -0.483 e. The Morgan fingerprint density at radius 1 is 1.37 bits per heavy atom. The number of aryl methyl sites for hydroxylation is 1. The van der Waals surface area contributed by atoms with Gasteiger partial charge in [-0.2, -0.15) is 0 Å². The summed E-state index contributed by atoms with van der Waals surface area (Å²) < 4.78 is 5.43. The molecule has 5 heteroatoms. The molecule has 2 N–H and O–H groups in total. The number of aliphatic carboxylic acids is 1. The molecule has 1 amide bonds. The maximum Gasteiger partial charge on any atom is 0.305 e. The van der Waals surface area contributed by atoms with E-state index in [1.165, 1.54) is 0 Å². The van der Waals surface area contributed by atoms with Crippen molar-refractivity contribution in [1.82, 2.24) is 5.32 Å². The highest BCUT2D eigenvalue weighted by Crippen LogP contribution is 2.20. The predicted octanol–water partition coefficient (Wildman–Crippen LogP) is 1.66. The molecule has 1 unspecified atom stereocenters. The molecule has 0 heterocycles. The summed E-state index contributed by atoms with van der Waals surface area (Å²) in [7, 11) is 0. The smallest absolute Gasteiger partial charge is 0.305 e. The zero-order valence-electron chi connectivity index (χ0n) is 11.4. The molecule has 0 saturated carbocycles. The first-order chi connectivity index (χ1) is 8.90. The van der Waals surface area contributed by atoms with E-state index >= 15 is 0 Å². The van der Waals surface area contributed by atoms with Crippen LogP contribution in [0.2, 0.25) is 0 Å². The highest BCUT2D eigenvalue weighted by molar-refractivity contribution is 5.78. The van der Waals surface area contributed by atoms with Gasteiger partial charge in [-0.3, -0.25) is 9.59 Å². The van der Waals surface area contributed by atoms with Gasteiger partial charge in [-0.1, -0.05) is 12.1 Å². The van der Waals surface area contributed by atoms with Crippen LogP contribution < -0.4 is 10.1 Å². The van der Waals surface area contributed by atoms with Gasteiger partial charge in [0.1, 0.15) is 5.75 Å². The lowest BCUT2D eigenvalue weighted by atomic mass is 10.1. The molecule has 0 aromatic heterocycles. The fourth-order valence-corrected chi connectivity index (χ4v) is 1.65. The summed E-state index contributed by atoms with van der Waals surface area (Å²) in [5.74, 6) is -0.598. The molecular formula is C14H19NO4. The first-order valence-electron chi connectivity index (χ1n) is 6.10. The van der Waals surface area contributed by atoms with Gasteiger partial charge >= 0.3 is 5.97 Å². The number of ether oxygens (including phenoxy) is 1. The Bertz CT molecular complexity index is 471. The van der Waals surface area contributed by atoms with Crippen LogP contribution in [0.5, 0.6) is 5.75 Å². The minimum absolute atomic E-state index is 0.102. The van der Waals surface area contributed by atoms with E-state index in [9.17, 15) is 9.59 Å². The van der Waals surface area contributed by atoms with Gasteiger partial charge in [-0.15, -0.1) is 0 Å². The van der Waals surface area contributed by atoms with Crippen LogP contribution in [0.3, 0.4) is 0 Å². The van der Waals surface area contributed by atoms with Crippen molar-refractivity contribution in [1.29, 1.82) is 0 Å². The quantitative estimate of drug-likeness (QED) is 0.820. The summed E-state index contributed by atoms with van der Waals surface area (Å²) >= 11 is 0. The minimum atomic E-state index is -0.941. The van der Waals surface area contributed by atoms with Crippen LogP contribution in [0.1, 0.15) is 24.5 Å². The van der Waals surface area contributed by atoms with Gasteiger partial charge in [0.05, 0.1) is 6.42 Å². The van der Waals surface area contributed by atoms with Crippen molar-refractivity contribution in [3.05, 3.63) is 29.3 Å². The van der Waals surface area contributed by atoms with E-state index in [-0.39, 0.29) is 18.9 Å². The maximum absolute atomic E-state index is 11.6. The zero-order valence-corrected chi connectivity index (χ0v) is 11.4. The molecule has 0 radical (unpaired) electrons. The molecular weight excluding hydrogens is 246 g/mol. The van der Waals surface area contributed by atoms with E-state index in [4.69, 9.17) is 9.84 Å². The normalized spacial score (nSPS) is 11.7. The molecule has 0 aliphatic carbocycles. The fourth-order valence-electron chi connectivity index (χ4n) is 1.65. The second-order valence-corrected chi connectivity index (χ2v) is 4.55. The molecule has 19 heavy (non-hydrogen) atoms. The van der Waals surface area contributed by atoms with E-state index in [1.807, 2.05) is 26.0 Å². The van der Waals surface area contributed by atoms with E-state index in [1.54, 1.807) is 13.0 Å². The lowest BCUT2D eigenvalue weighted by molar-refractivity contribution is -0.137. The summed E-state index contributed by atoms with van der Waals surface area (Å²) in [5.41, 5.74) is 2.09. The fraction of sp³-hybridized carbons (Fsp3) is 0.429. The molecule has 0 fully saturated rings. The molecule has 0 bridgehead atoms. The van der Waals surface area contributed by atoms with Crippen LogP contribution in [-0.4, -0.2) is 29.6 Å². The average molecular weight is 265 g/mol. The zero-order chi connectivity index (χ0) is 14.4. The van der Waals surface area contributed by atoms with Gasteiger partial charge in [0.25, 0.3) is 5.91 Å². The Kier molecular flexibility index (Phi) is 5.36. The first kappa shape index (κ1) is 15.0. The topological polar surface area (TPSA) is 75.6 Å². The number of nitrogens with one attached hydrogen (secondary N) is 1. The molecule has 5 nitrogen and oxygen atoms in total. The van der Waals surface area contributed by atoms with Crippen LogP contribution in [-0.2, 0) is 9.59 Å². The van der Waals surface area contributed by atoms with E-state index < -0.39 is 12.0 Å². The van der Waals surface area contributed by atoms with Crippen molar-refractivity contribution in [2.75, 3.05) is 6.61 Å². The number of carbonyl (C=O) groups is 2. The van der Waals surface area contributed by atoms with Crippen molar-refractivity contribution in [3.8, 4) is 5.75 Å². The number of hydrogen-bond donors (Lipinski definition) is 2. The summed E-state index contributed by atoms with van der Waals surface area (Å²) in [5, 5.41) is 11.2. The number of amides is 1. The Labute approximate surface area is 112 Å². The van der Waals surface area contributed by atoms with Crippen LogP contribution >= 0.6 is 0 Å². The first-order valence-corrected chi connectivity index (χ1v) is 6.10. The van der Waals surface area contributed by atoms with Crippen molar-refractivity contribution in [3.63, 3.8) is 0 Å². The predicted molar refractivity (Wildman–Crippen MR) is 71.3 cm³/mol. The molecule has 0 aliphatic heterocycles. The van der Waals surface area contributed by atoms with Crippen molar-refractivity contribution >= 4 is 11.9 Å². The summed E-state index contributed by atoms with van der Waals surface area (Å²) in [6, 6.07) is 5.23. The molecule has 1 aromatic carbocycles. The van der Waals surface area contributed by atoms with E-state index in [2.05, 4.69) is 5.32 Å². The van der Waals surface area contributed by atoms with Gasteiger partial charge in [-0.05, 0) is 38.0 Å². The van der Waals surface area contributed by atoms with Gasteiger partial charge in [-0.25, -0.2) is 0 Å². The summed E-state index contributed by atoms with van der Waals surface area (Å²) in [6.07, 6.45) is -0.102. The maximum atomic E-state index is 11.6. The van der Waals surface area contributed by atoms with E-state index in [0.717, 1.165) is 11.1 Å². The molecule has 0 spiro atoms. The van der Waals surface area contributed by atoms with E-state index in [0.29, 0.717) is 5.75 Å². The van der Waals surface area contributed by atoms with Gasteiger partial charge in [0.15, 0.2) is 6.61 Å². The standard InChI is InChI=1S/C14H19NO4/c1-9-5-4-6-12(11(9)3)19-8-13(16)15-10(2)7-14(17)18/h4-6,10H,7-8H2,1-3H3,(H,15,16)(H,17,18). The number of carbonyl (C=O) groups excluding carboxylic acids is 1. The molecule has 0 saturated heterocycles. The SMILES string of the molecule is Cc1cccc(OCC(=O)NC(C)CC(=O)O)c1C. The van der Waals surface area contributed by atoms with Crippen LogP contribution in [0, 0.1) is 13.8 Å². The third-order valence-corrected chi connectivity index (χ3v) is 2.80. The second kappa shape index (κ2) is 6.78. The highest BCUT2D eigenvalue weighted by Gasteiger charge is 2.12. The number of rotatable bonds is 6. The Hall–Kier alpha value is -2.04. The van der Waals surface area contributed by atoms with Crippen molar-refractivity contribution < 1.29 is 19.4 Å². The lowest BCUT2D eigenvalue weighted by Gasteiger charge is -2.13. The monoisotopic (exact) mass is 265 g/mol. The lowest BCUT2D eigenvalue weighted by Crippen LogP contribution is -2.37. The number of hydrogen-bond acceptors (Lipinski definition) is 3. The summed E-state index contributed by atoms with van der Waals surface area (Å²) in [4.78, 5) is 22.0. The van der Waals surface area contributed by atoms with Gasteiger partial charge in [0, 0.05) is 6.04 Å². The molecule has 1 rings (SSSR count). The number of carboxylic acid groups (broad SMARTS) is 1. The second-order valence-electron chi connectivity index (χ2n) is 4.55.